The van der Waals surface area contributed by atoms with Gasteiger partial charge in [-0.05, 0) is 43.7 Å². The third-order valence-corrected chi connectivity index (χ3v) is 7.36. The average molecular weight is 511 g/mol. The van der Waals surface area contributed by atoms with Crippen LogP contribution in [-0.2, 0) is 12.0 Å². The van der Waals surface area contributed by atoms with Gasteiger partial charge in [0.05, 0.1) is 30.1 Å². The van der Waals surface area contributed by atoms with Crippen molar-refractivity contribution < 1.29 is 9.50 Å². The number of nitrogens with one attached hydrogen (secondary N) is 2. The van der Waals surface area contributed by atoms with Crippen molar-refractivity contribution in [3.05, 3.63) is 46.7 Å². The van der Waals surface area contributed by atoms with Crippen molar-refractivity contribution in [3.8, 4) is 17.3 Å². The fourth-order valence-corrected chi connectivity index (χ4v) is 5.01. The Labute approximate surface area is 213 Å². The molecule has 4 heterocycles. The standard InChI is InChI=1S/C25H28ClFN8O/c1-24(15-36)13-30-22-17(12-28)9-16(10-18(22)24)19-3-6-29-23(31-19)32-21-11-20(26)33-35(21)14-25(27)4-7-34(2)8-5-25/h3,6,9-11,30,36H,4-5,7-8,13-15H2,1-2H3,(H,29,31,32)/t24-/m1/s1. The molecule has 0 aliphatic carbocycles. The van der Waals surface area contributed by atoms with Crippen LogP contribution in [0.1, 0.15) is 30.9 Å². The van der Waals surface area contributed by atoms with Crippen molar-refractivity contribution in [1.82, 2.24) is 24.6 Å². The summed E-state index contributed by atoms with van der Waals surface area (Å²) in [6, 6.07) is 9.34. The molecule has 0 spiro atoms. The van der Waals surface area contributed by atoms with Gasteiger partial charge in [0, 0.05) is 42.9 Å². The molecule has 0 unspecified atom stereocenters. The van der Waals surface area contributed by atoms with E-state index in [1.165, 1.54) is 4.68 Å². The number of nitriles is 1. The van der Waals surface area contributed by atoms with Crippen molar-refractivity contribution in [1.29, 1.82) is 5.26 Å². The molecule has 5 rings (SSSR count). The second-order valence-electron chi connectivity index (χ2n) is 9.99. The van der Waals surface area contributed by atoms with Crippen LogP contribution < -0.4 is 10.6 Å². The minimum atomic E-state index is -1.37. The topological polar surface area (TPSA) is 115 Å². The van der Waals surface area contributed by atoms with Gasteiger partial charge in [-0.15, -0.1) is 0 Å². The number of benzene rings is 1. The maximum absolute atomic E-state index is 15.5. The predicted octanol–water partition coefficient (Wildman–Crippen LogP) is 3.72. The Hall–Kier alpha value is -3.26. The summed E-state index contributed by atoms with van der Waals surface area (Å²) < 4.78 is 17.0. The molecular weight excluding hydrogens is 483 g/mol. The number of aliphatic hydroxyl groups excluding tert-OH is 1. The van der Waals surface area contributed by atoms with E-state index in [0.29, 0.717) is 55.5 Å². The smallest absolute Gasteiger partial charge is 0.228 e. The molecule has 0 amide bonds. The Morgan fingerprint density at radius 3 is 2.81 bits per heavy atom. The molecule has 3 N–H and O–H groups in total. The zero-order chi connectivity index (χ0) is 25.5. The third kappa shape index (κ3) is 4.62. The summed E-state index contributed by atoms with van der Waals surface area (Å²) >= 11 is 6.17. The zero-order valence-corrected chi connectivity index (χ0v) is 21.0. The molecule has 2 aliphatic rings. The van der Waals surface area contributed by atoms with Crippen LogP contribution >= 0.6 is 11.6 Å². The van der Waals surface area contributed by atoms with Gasteiger partial charge in [-0.3, -0.25) is 0 Å². The van der Waals surface area contributed by atoms with E-state index in [4.69, 9.17) is 11.6 Å². The van der Waals surface area contributed by atoms with Crippen molar-refractivity contribution in [2.75, 3.05) is 43.9 Å². The van der Waals surface area contributed by atoms with Crippen LogP contribution in [-0.4, -0.2) is 68.7 Å². The van der Waals surface area contributed by atoms with Gasteiger partial charge < -0.3 is 20.6 Å². The Bertz CT molecular complexity index is 1330. The first-order valence-electron chi connectivity index (χ1n) is 11.9. The molecule has 0 bridgehead atoms. The van der Waals surface area contributed by atoms with Gasteiger partial charge in [0.1, 0.15) is 17.6 Å². The highest BCUT2D eigenvalue weighted by molar-refractivity contribution is 6.29. The summed E-state index contributed by atoms with van der Waals surface area (Å²) in [5, 5.41) is 30.6. The number of anilines is 3. The quantitative estimate of drug-likeness (QED) is 0.459. The lowest BCUT2D eigenvalue weighted by molar-refractivity contribution is 0.0505. The normalized spacial score (nSPS) is 21.0. The predicted molar refractivity (Wildman–Crippen MR) is 136 cm³/mol. The number of halogens is 2. The van der Waals surface area contributed by atoms with Gasteiger partial charge in [-0.25, -0.2) is 19.0 Å². The molecular formula is C25H28ClFN8O. The van der Waals surface area contributed by atoms with E-state index in [0.717, 1.165) is 16.8 Å². The minimum Gasteiger partial charge on any atom is -0.395 e. The fraction of sp³-hybridized carbons (Fsp3) is 0.440. The van der Waals surface area contributed by atoms with Gasteiger partial charge in [-0.1, -0.05) is 18.5 Å². The van der Waals surface area contributed by atoms with E-state index in [9.17, 15) is 10.4 Å². The Balaban J connectivity index is 1.43. The van der Waals surface area contributed by atoms with E-state index in [1.807, 2.05) is 20.0 Å². The monoisotopic (exact) mass is 510 g/mol. The lowest BCUT2D eigenvalue weighted by atomic mass is 9.83. The minimum absolute atomic E-state index is 0.0466. The van der Waals surface area contributed by atoms with E-state index >= 15 is 4.39 Å². The van der Waals surface area contributed by atoms with E-state index in [-0.39, 0.29) is 18.3 Å². The highest BCUT2D eigenvalue weighted by atomic mass is 35.5. The van der Waals surface area contributed by atoms with E-state index < -0.39 is 11.1 Å². The van der Waals surface area contributed by atoms with E-state index in [2.05, 4.69) is 36.7 Å². The number of hydrogen-bond acceptors (Lipinski definition) is 8. The van der Waals surface area contributed by atoms with Gasteiger partial charge in [0.25, 0.3) is 0 Å². The highest BCUT2D eigenvalue weighted by Crippen LogP contribution is 2.41. The third-order valence-electron chi connectivity index (χ3n) is 7.17. The molecule has 2 aliphatic heterocycles. The van der Waals surface area contributed by atoms with Crippen molar-refractivity contribution in [2.45, 2.75) is 37.4 Å². The molecule has 3 aromatic rings. The molecule has 188 valence electrons. The molecule has 2 aromatic heterocycles. The Morgan fingerprint density at radius 2 is 2.08 bits per heavy atom. The van der Waals surface area contributed by atoms with Crippen molar-refractivity contribution in [3.63, 3.8) is 0 Å². The van der Waals surface area contributed by atoms with Crippen LogP contribution in [0.15, 0.2) is 30.5 Å². The molecule has 9 nitrogen and oxygen atoms in total. The Kier molecular flexibility index (Phi) is 6.32. The SMILES string of the molecule is CN1CCC(F)(Cn2nc(Cl)cc2Nc2nccc(-c3cc(C#N)c4c(c3)[C@@](C)(CO)CN4)n2)CC1. The van der Waals surface area contributed by atoms with Gasteiger partial charge in [-0.2, -0.15) is 10.4 Å². The summed E-state index contributed by atoms with van der Waals surface area (Å²) in [6.07, 6.45) is 2.46. The molecule has 36 heavy (non-hydrogen) atoms. The lowest BCUT2D eigenvalue weighted by Crippen LogP contribution is -2.42. The number of nitrogens with zero attached hydrogens (tertiary/aromatic N) is 6. The number of rotatable bonds is 6. The lowest BCUT2D eigenvalue weighted by Gasteiger charge is -2.34. The first kappa shape index (κ1) is 24.4. The van der Waals surface area contributed by atoms with Crippen molar-refractivity contribution in [2.24, 2.45) is 0 Å². The van der Waals surface area contributed by atoms with Crippen molar-refractivity contribution >= 4 is 29.1 Å². The molecule has 1 atom stereocenters. The summed E-state index contributed by atoms with van der Waals surface area (Å²) in [7, 11) is 1.99. The number of likely N-dealkylation sites (tertiary alicyclic amines) is 1. The number of fused-ring (bicyclic) bond motifs is 1. The molecule has 1 aromatic carbocycles. The van der Waals surface area contributed by atoms with Crippen LogP contribution in [0.25, 0.3) is 11.3 Å². The second-order valence-corrected chi connectivity index (χ2v) is 10.4. The average Bonchev–Trinajstić information content (AvgIpc) is 3.39. The van der Waals surface area contributed by atoms with Gasteiger partial charge in [0.15, 0.2) is 5.15 Å². The highest BCUT2D eigenvalue weighted by Gasteiger charge is 2.36. The number of aromatic nitrogens is 4. The van der Waals surface area contributed by atoms with Crippen LogP contribution in [0, 0.1) is 11.3 Å². The molecule has 1 fully saturated rings. The largest absolute Gasteiger partial charge is 0.395 e. The number of alkyl halides is 1. The van der Waals surface area contributed by atoms with Crippen LogP contribution in [0.2, 0.25) is 5.15 Å². The first-order chi connectivity index (χ1) is 17.2. The zero-order valence-electron chi connectivity index (χ0n) is 20.2. The van der Waals surface area contributed by atoms with Crippen LogP contribution in [0.4, 0.5) is 21.8 Å². The molecule has 1 saturated heterocycles. The number of hydrogen-bond donors (Lipinski definition) is 3. The van der Waals surface area contributed by atoms with Crippen LogP contribution in [0.3, 0.4) is 0 Å². The molecule has 0 radical (unpaired) electrons. The summed E-state index contributed by atoms with van der Waals surface area (Å²) in [6.45, 7) is 3.92. The van der Waals surface area contributed by atoms with Crippen LogP contribution in [0.5, 0.6) is 0 Å². The van der Waals surface area contributed by atoms with E-state index in [1.54, 1.807) is 24.4 Å². The summed E-state index contributed by atoms with van der Waals surface area (Å²) in [5.74, 6) is 0.792. The van der Waals surface area contributed by atoms with Gasteiger partial charge in [0.2, 0.25) is 5.95 Å². The maximum Gasteiger partial charge on any atom is 0.228 e. The summed E-state index contributed by atoms with van der Waals surface area (Å²) in [5.41, 5.74) is 1.59. The fourth-order valence-electron chi connectivity index (χ4n) is 4.81. The summed E-state index contributed by atoms with van der Waals surface area (Å²) in [4.78, 5) is 11.1. The molecule has 0 saturated carbocycles. The number of aliphatic hydroxyl groups is 1. The second kappa shape index (κ2) is 9.32. The Morgan fingerprint density at radius 1 is 1.31 bits per heavy atom. The maximum atomic E-state index is 15.5. The van der Waals surface area contributed by atoms with Gasteiger partial charge >= 0.3 is 0 Å². The first-order valence-corrected chi connectivity index (χ1v) is 12.2. The molecule has 11 heteroatoms. The number of piperidine rings is 1.